The molecule has 2 unspecified atom stereocenters. The number of aromatic nitrogens is 2. The molecule has 2 aromatic heterocycles. The highest BCUT2D eigenvalue weighted by Crippen LogP contribution is 2.49. The van der Waals surface area contributed by atoms with Crippen LogP contribution in [0.4, 0.5) is 11.4 Å². The van der Waals surface area contributed by atoms with E-state index in [1.807, 2.05) is 24.3 Å². The molecule has 2 aromatic carbocycles. The summed E-state index contributed by atoms with van der Waals surface area (Å²) in [6.45, 7) is 9.36. The molecule has 0 amide bonds. The molecule has 1 spiro atoms. The third-order valence-corrected chi connectivity index (χ3v) is 14.6. The maximum atomic E-state index is 13.7. The topological polar surface area (TPSA) is 172 Å². The van der Waals surface area contributed by atoms with Gasteiger partial charge in [-0.1, -0.05) is 25.0 Å². The maximum Gasteiger partial charge on any atom is 0.312 e. The first-order valence-electron chi connectivity index (χ1n) is 20.6. The number of nitrogens with one attached hydrogen (secondary N) is 2. The first kappa shape index (κ1) is 40.2. The van der Waals surface area contributed by atoms with Crippen molar-refractivity contribution in [2.24, 2.45) is 11.3 Å². The van der Waals surface area contributed by atoms with Gasteiger partial charge in [-0.2, -0.15) is 4.72 Å². The number of aliphatic hydroxyl groups is 1. The number of hydrogen-bond acceptors (Lipinski definition) is 11. The predicted octanol–water partition coefficient (Wildman–Crippen LogP) is 7.58. The molecule has 0 bridgehead atoms. The number of hydrogen-bond donors (Lipinski definition) is 3. The van der Waals surface area contributed by atoms with Crippen LogP contribution in [-0.4, -0.2) is 89.7 Å². The Morgan fingerprint density at radius 3 is 2.61 bits per heavy atom. The standard InChI is InChI=1S/C43H51ClN6O8S/c1-42(2)9-7-28(36(23-42)29-17-30(44)18-29)25-48-13-15-49(16-14-48)31-3-5-35(39(20-31)57-32-19-27-8-12-45-40(27)46-24-32)41(51)47-59(54,55)34-4-6-38(37(21-34)50(52)53)58-33-22-43(10-11-43)56-26-33/h3-6,8,12,19-21,24,29-30,33,41,47,51H,7,9-11,13-18,22-23,25-26H2,1-2H3,(H,45,46). The highest BCUT2D eigenvalue weighted by Gasteiger charge is 2.51. The Labute approximate surface area is 349 Å². The van der Waals surface area contributed by atoms with Crippen molar-refractivity contribution in [3.8, 4) is 17.2 Å². The zero-order chi connectivity index (χ0) is 41.1. The summed E-state index contributed by atoms with van der Waals surface area (Å²) in [7, 11) is -4.48. The predicted molar refractivity (Wildman–Crippen MR) is 224 cm³/mol. The molecule has 9 rings (SSSR count). The summed E-state index contributed by atoms with van der Waals surface area (Å²) in [6, 6.07) is 12.4. The van der Waals surface area contributed by atoms with Crippen LogP contribution in [0.5, 0.6) is 17.2 Å². The van der Waals surface area contributed by atoms with Crippen LogP contribution in [-0.2, 0) is 14.8 Å². The highest BCUT2D eigenvalue weighted by atomic mass is 35.5. The fourth-order valence-electron chi connectivity index (χ4n) is 9.13. The molecule has 2 aliphatic heterocycles. The van der Waals surface area contributed by atoms with Gasteiger partial charge in [0.15, 0.2) is 5.75 Å². The van der Waals surface area contributed by atoms with Crippen LogP contribution in [0, 0.1) is 21.4 Å². The van der Waals surface area contributed by atoms with Crippen molar-refractivity contribution in [1.82, 2.24) is 19.6 Å². The number of benzene rings is 2. The molecule has 0 radical (unpaired) electrons. The molecule has 314 valence electrons. The van der Waals surface area contributed by atoms with Crippen LogP contribution in [0.1, 0.15) is 77.0 Å². The maximum absolute atomic E-state index is 13.7. The monoisotopic (exact) mass is 846 g/mol. The first-order valence-corrected chi connectivity index (χ1v) is 22.5. The molecule has 59 heavy (non-hydrogen) atoms. The molecule has 2 saturated heterocycles. The van der Waals surface area contributed by atoms with Crippen molar-refractivity contribution in [3.05, 3.63) is 87.7 Å². The van der Waals surface area contributed by atoms with Gasteiger partial charge in [0.2, 0.25) is 10.0 Å². The number of H-pyrrole nitrogens is 1. The Balaban J connectivity index is 0.925. The van der Waals surface area contributed by atoms with Crippen molar-refractivity contribution < 1.29 is 32.7 Å². The minimum absolute atomic E-state index is 0.0422. The van der Waals surface area contributed by atoms with Gasteiger partial charge in [0.05, 0.1) is 28.2 Å². The van der Waals surface area contributed by atoms with Gasteiger partial charge in [0.25, 0.3) is 0 Å². The molecule has 5 aliphatic rings. The van der Waals surface area contributed by atoms with E-state index in [2.05, 4.69) is 38.3 Å². The van der Waals surface area contributed by atoms with E-state index in [-0.39, 0.29) is 28.8 Å². The number of anilines is 1. The minimum Gasteiger partial charge on any atom is -0.481 e. The lowest BCUT2D eigenvalue weighted by Gasteiger charge is -2.43. The highest BCUT2D eigenvalue weighted by molar-refractivity contribution is 7.89. The van der Waals surface area contributed by atoms with E-state index >= 15 is 0 Å². The number of rotatable bonds is 13. The van der Waals surface area contributed by atoms with E-state index in [0.717, 1.165) is 88.4 Å². The molecule has 4 aromatic rings. The molecular formula is C43H51ClN6O8S. The second-order valence-electron chi connectivity index (χ2n) is 17.8. The zero-order valence-corrected chi connectivity index (χ0v) is 34.9. The van der Waals surface area contributed by atoms with Gasteiger partial charge in [-0.05, 0) is 92.7 Å². The number of ether oxygens (including phenoxy) is 3. The largest absolute Gasteiger partial charge is 0.481 e. The third-order valence-electron chi connectivity index (χ3n) is 12.8. The molecular weight excluding hydrogens is 796 g/mol. The number of fused-ring (bicyclic) bond motifs is 1. The Hall–Kier alpha value is -4.25. The first-order chi connectivity index (χ1) is 28.2. The zero-order valence-electron chi connectivity index (χ0n) is 33.4. The average molecular weight is 847 g/mol. The number of nitro benzene ring substituents is 1. The van der Waals surface area contributed by atoms with Crippen molar-refractivity contribution in [1.29, 1.82) is 0 Å². The number of nitro groups is 1. The number of pyridine rings is 1. The molecule has 2 atom stereocenters. The third kappa shape index (κ3) is 8.68. The van der Waals surface area contributed by atoms with Gasteiger partial charge in [0, 0.05) is 79.5 Å². The summed E-state index contributed by atoms with van der Waals surface area (Å²) >= 11 is 6.43. The lowest BCUT2D eigenvalue weighted by molar-refractivity contribution is -0.386. The molecule has 3 N–H and O–H groups in total. The smallest absolute Gasteiger partial charge is 0.312 e. The number of halogens is 1. The van der Waals surface area contributed by atoms with Crippen LogP contribution >= 0.6 is 11.6 Å². The number of sulfonamides is 1. The van der Waals surface area contributed by atoms with E-state index in [1.165, 1.54) is 18.6 Å². The fourth-order valence-corrected chi connectivity index (χ4v) is 10.6. The SMILES string of the molecule is CC1(C)CCC(CN2CCN(c3ccc(C(O)NS(=O)(=O)c4ccc(OC5COC6(CC6)C5)c([N+](=O)[O-])c4)c(Oc4cnc5[nH]ccc5c4)c3)CC2)=C(C2CC(Cl)C2)C1. The van der Waals surface area contributed by atoms with Crippen LogP contribution in [0.15, 0.2) is 77.0 Å². The van der Waals surface area contributed by atoms with Crippen molar-refractivity contribution in [2.45, 2.75) is 93.4 Å². The number of alkyl halides is 1. The van der Waals surface area contributed by atoms with Crippen molar-refractivity contribution >= 4 is 44.0 Å². The van der Waals surface area contributed by atoms with Crippen molar-refractivity contribution in [3.63, 3.8) is 0 Å². The number of aliphatic hydroxyl groups excluding tert-OH is 1. The van der Waals surface area contributed by atoms with E-state index in [1.54, 1.807) is 29.6 Å². The lowest BCUT2D eigenvalue weighted by atomic mass is 9.66. The fraction of sp³-hybridized carbons (Fsp3) is 0.512. The van der Waals surface area contributed by atoms with Crippen LogP contribution in [0.25, 0.3) is 11.0 Å². The molecule has 2 saturated carbocycles. The summed E-state index contributed by atoms with van der Waals surface area (Å²) in [5, 5.41) is 24.7. The summed E-state index contributed by atoms with van der Waals surface area (Å²) in [6.07, 6.45) is 9.34. The van der Waals surface area contributed by atoms with E-state index in [4.69, 9.17) is 25.8 Å². The molecule has 16 heteroatoms. The lowest BCUT2D eigenvalue weighted by Crippen LogP contribution is -2.47. The van der Waals surface area contributed by atoms with Gasteiger partial charge < -0.3 is 29.2 Å². The van der Waals surface area contributed by atoms with Gasteiger partial charge in [0.1, 0.15) is 29.5 Å². The van der Waals surface area contributed by atoms with E-state index in [9.17, 15) is 23.6 Å². The summed E-state index contributed by atoms with van der Waals surface area (Å²) in [5.74, 6) is 1.20. The Bertz CT molecular complexity index is 2390. The Morgan fingerprint density at radius 2 is 1.88 bits per heavy atom. The summed E-state index contributed by atoms with van der Waals surface area (Å²) in [4.78, 5) is 23.3. The number of aromatic amines is 1. The summed E-state index contributed by atoms with van der Waals surface area (Å²) < 4.78 is 47.8. The van der Waals surface area contributed by atoms with Crippen LogP contribution < -0.4 is 19.1 Å². The second kappa shape index (κ2) is 15.7. The second-order valence-corrected chi connectivity index (χ2v) is 20.1. The van der Waals surface area contributed by atoms with E-state index in [0.29, 0.717) is 41.1 Å². The Kier molecular flexibility index (Phi) is 10.7. The van der Waals surface area contributed by atoms with Gasteiger partial charge >= 0.3 is 5.69 Å². The van der Waals surface area contributed by atoms with Crippen molar-refractivity contribution in [2.75, 3.05) is 44.2 Å². The van der Waals surface area contributed by atoms with Gasteiger partial charge in [-0.25, -0.2) is 13.4 Å². The van der Waals surface area contributed by atoms with Gasteiger partial charge in [-0.3, -0.25) is 15.0 Å². The molecule has 4 fully saturated rings. The minimum atomic E-state index is -4.48. The van der Waals surface area contributed by atoms with E-state index < -0.39 is 31.8 Å². The normalized spacial score (nSPS) is 24.6. The molecule has 4 heterocycles. The average Bonchev–Trinajstić information content (AvgIpc) is 3.58. The number of allylic oxidation sites excluding steroid dienone is 1. The molecule has 3 aliphatic carbocycles. The Morgan fingerprint density at radius 1 is 1.08 bits per heavy atom. The summed E-state index contributed by atoms with van der Waals surface area (Å²) in [5.41, 5.74) is 4.58. The molecule has 14 nitrogen and oxygen atoms in total. The van der Waals surface area contributed by atoms with Crippen LogP contribution in [0.3, 0.4) is 0 Å². The quantitative estimate of drug-likeness (QED) is 0.0398. The number of nitrogens with zero attached hydrogens (tertiary/aromatic N) is 4. The number of piperazine rings is 1. The van der Waals surface area contributed by atoms with Crippen LogP contribution in [0.2, 0.25) is 0 Å². The van der Waals surface area contributed by atoms with Gasteiger partial charge in [-0.15, -0.1) is 11.6 Å².